The van der Waals surface area contributed by atoms with Crippen molar-refractivity contribution in [3.63, 3.8) is 0 Å². The molecule has 0 radical (unpaired) electrons. The summed E-state index contributed by atoms with van der Waals surface area (Å²) in [6.45, 7) is 3.09. The van der Waals surface area contributed by atoms with Crippen LogP contribution in [0.25, 0.3) is 0 Å². The number of hydrogen-bond acceptors (Lipinski definition) is 3. The molecule has 1 aliphatic rings. The Morgan fingerprint density at radius 1 is 1.29 bits per heavy atom. The molecule has 6 nitrogen and oxygen atoms in total. The number of halogens is 1. The number of benzene rings is 1. The van der Waals surface area contributed by atoms with Crippen LogP contribution in [0.15, 0.2) is 36.5 Å². The topological polar surface area (TPSA) is 74.3 Å². The predicted molar refractivity (Wildman–Crippen MR) is 93.8 cm³/mol. The molecule has 1 aromatic carbocycles. The maximum absolute atomic E-state index is 12.2. The van der Waals surface area contributed by atoms with E-state index in [0.717, 1.165) is 17.7 Å². The van der Waals surface area contributed by atoms with Gasteiger partial charge in [0.05, 0.1) is 10.7 Å². The van der Waals surface area contributed by atoms with Crippen LogP contribution in [0.1, 0.15) is 23.0 Å². The van der Waals surface area contributed by atoms with Crippen LogP contribution in [-0.4, -0.2) is 30.0 Å². The number of aromatic nitrogens is 1. The van der Waals surface area contributed by atoms with Crippen LogP contribution in [0.5, 0.6) is 0 Å². The molecule has 0 saturated carbocycles. The van der Waals surface area contributed by atoms with Crippen molar-refractivity contribution < 1.29 is 9.59 Å². The van der Waals surface area contributed by atoms with Crippen LogP contribution < -0.4 is 15.5 Å². The third-order valence-electron chi connectivity index (χ3n) is 3.77. The summed E-state index contributed by atoms with van der Waals surface area (Å²) in [6.07, 6.45) is 2.23. The first-order chi connectivity index (χ1) is 11.6. The molecule has 24 heavy (non-hydrogen) atoms. The summed E-state index contributed by atoms with van der Waals surface area (Å²) in [5, 5.41) is 6.07. The highest BCUT2D eigenvalue weighted by molar-refractivity contribution is 6.30. The van der Waals surface area contributed by atoms with Gasteiger partial charge in [0.15, 0.2) is 0 Å². The molecular weight excluding hydrogens is 328 g/mol. The SMILES string of the molecule is CCNC(=O)N1CCc2ccc(NC(=O)c3ccc(Cl)cn3)cc21. The van der Waals surface area contributed by atoms with Crippen molar-refractivity contribution in [1.29, 1.82) is 0 Å². The quantitative estimate of drug-likeness (QED) is 0.898. The summed E-state index contributed by atoms with van der Waals surface area (Å²) in [5.41, 5.74) is 2.80. The molecule has 124 valence electrons. The van der Waals surface area contributed by atoms with E-state index in [1.165, 1.54) is 6.20 Å². The average molecular weight is 345 g/mol. The number of carbonyl (C=O) groups excluding carboxylic acids is 2. The van der Waals surface area contributed by atoms with E-state index in [-0.39, 0.29) is 17.6 Å². The third-order valence-corrected chi connectivity index (χ3v) is 4.00. The zero-order valence-corrected chi connectivity index (χ0v) is 13.9. The average Bonchev–Trinajstić information content (AvgIpc) is 2.99. The van der Waals surface area contributed by atoms with Gasteiger partial charge in [-0.25, -0.2) is 9.78 Å². The van der Waals surface area contributed by atoms with Crippen molar-refractivity contribution >= 4 is 34.9 Å². The van der Waals surface area contributed by atoms with E-state index in [4.69, 9.17) is 11.6 Å². The number of pyridine rings is 1. The molecule has 0 bridgehead atoms. The van der Waals surface area contributed by atoms with Crippen molar-refractivity contribution in [3.8, 4) is 0 Å². The minimum absolute atomic E-state index is 0.126. The molecule has 3 rings (SSSR count). The lowest BCUT2D eigenvalue weighted by molar-refractivity contribution is 0.102. The second kappa shape index (κ2) is 6.88. The second-order valence-corrected chi connectivity index (χ2v) is 5.83. The molecule has 2 N–H and O–H groups in total. The lowest BCUT2D eigenvalue weighted by atomic mass is 10.1. The number of hydrogen-bond donors (Lipinski definition) is 2. The van der Waals surface area contributed by atoms with Gasteiger partial charge in [-0.1, -0.05) is 17.7 Å². The molecule has 0 unspecified atom stereocenters. The maximum atomic E-state index is 12.2. The summed E-state index contributed by atoms with van der Waals surface area (Å²) < 4.78 is 0. The van der Waals surface area contributed by atoms with Crippen molar-refractivity contribution in [2.24, 2.45) is 0 Å². The molecule has 2 heterocycles. The van der Waals surface area contributed by atoms with Crippen LogP contribution in [0.3, 0.4) is 0 Å². The minimum Gasteiger partial charge on any atom is -0.338 e. The van der Waals surface area contributed by atoms with Gasteiger partial charge in [0, 0.05) is 25.0 Å². The molecule has 0 aliphatic carbocycles. The number of amides is 3. The van der Waals surface area contributed by atoms with E-state index in [0.29, 0.717) is 23.8 Å². The summed E-state index contributed by atoms with van der Waals surface area (Å²) in [7, 11) is 0. The molecule has 1 aromatic heterocycles. The predicted octanol–water partition coefficient (Wildman–Crippen LogP) is 3.08. The van der Waals surface area contributed by atoms with Crippen LogP contribution in [0, 0.1) is 0 Å². The zero-order valence-electron chi connectivity index (χ0n) is 13.2. The first-order valence-corrected chi connectivity index (χ1v) is 8.07. The number of carbonyl (C=O) groups is 2. The fraction of sp³-hybridized carbons (Fsp3) is 0.235. The highest BCUT2D eigenvalue weighted by Gasteiger charge is 2.24. The van der Waals surface area contributed by atoms with Crippen LogP contribution in [-0.2, 0) is 6.42 Å². The molecule has 7 heteroatoms. The number of rotatable bonds is 3. The van der Waals surface area contributed by atoms with E-state index in [9.17, 15) is 9.59 Å². The molecule has 0 saturated heterocycles. The lowest BCUT2D eigenvalue weighted by Crippen LogP contribution is -2.38. The normalized spacial score (nSPS) is 12.7. The molecular formula is C17H17ClN4O2. The van der Waals surface area contributed by atoms with Gasteiger partial charge in [0.1, 0.15) is 5.69 Å². The van der Waals surface area contributed by atoms with E-state index in [1.807, 2.05) is 25.1 Å². The van der Waals surface area contributed by atoms with Crippen molar-refractivity contribution in [2.45, 2.75) is 13.3 Å². The number of anilines is 2. The second-order valence-electron chi connectivity index (χ2n) is 5.40. The molecule has 3 amide bonds. The Morgan fingerprint density at radius 2 is 2.12 bits per heavy atom. The Kier molecular flexibility index (Phi) is 4.66. The Hall–Kier alpha value is -2.60. The molecule has 1 aliphatic heterocycles. The monoisotopic (exact) mass is 344 g/mol. The fourth-order valence-corrected chi connectivity index (χ4v) is 2.73. The van der Waals surface area contributed by atoms with Crippen LogP contribution in [0.4, 0.5) is 16.2 Å². The van der Waals surface area contributed by atoms with E-state index >= 15 is 0 Å². The number of urea groups is 1. The van der Waals surface area contributed by atoms with E-state index < -0.39 is 0 Å². The standard InChI is InChI=1S/C17H17ClN4O2/c1-2-19-17(24)22-8-7-11-3-5-13(9-15(11)22)21-16(23)14-6-4-12(18)10-20-14/h3-6,9-10H,2,7-8H2,1H3,(H,19,24)(H,21,23). The van der Waals surface area contributed by atoms with Crippen LogP contribution >= 0.6 is 11.6 Å². The fourth-order valence-electron chi connectivity index (χ4n) is 2.62. The first kappa shape index (κ1) is 16.3. The van der Waals surface area contributed by atoms with Gasteiger partial charge in [0.2, 0.25) is 0 Å². The number of fused-ring (bicyclic) bond motifs is 1. The molecule has 2 aromatic rings. The highest BCUT2D eigenvalue weighted by Crippen LogP contribution is 2.31. The Bertz CT molecular complexity index is 777. The van der Waals surface area contributed by atoms with Crippen LogP contribution in [0.2, 0.25) is 5.02 Å². The van der Waals surface area contributed by atoms with E-state index in [2.05, 4.69) is 15.6 Å². The first-order valence-electron chi connectivity index (χ1n) is 7.69. The third kappa shape index (κ3) is 3.33. The van der Waals surface area contributed by atoms with Gasteiger partial charge in [-0.2, -0.15) is 0 Å². The van der Waals surface area contributed by atoms with Gasteiger partial charge < -0.3 is 10.6 Å². The zero-order chi connectivity index (χ0) is 17.1. The summed E-state index contributed by atoms with van der Waals surface area (Å²) >= 11 is 5.77. The minimum atomic E-state index is -0.325. The molecule has 0 fully saturated rings. The van der Waals surface area contributed by atoms with Gasteiger partial charge in [-0.15, -0.1) is 0 Å². The smallest absolute Gasteiger partial charge is 0.321 e. The van der Waals surface area contributed by atoms with Crippen molar-refractivity contribution in [2.75, 3.05) is 23.3 Å². The lowest BCUT2D eigenvalue weighted by Gasteiger charge is -2.18. The summed E-state index contributed by atoms with van der Waals surface area (Å²) in [4.78, 5) is 30.0. The maximum Gasteiger partial charge on any atom is 0.321 e. The van der Waals surface area contributed by atoms with Crippen molar-refractivity contribution in [1.82, 2.24) is 10.3 Å². The highest BCUT2D eigenvalue weighted by atomic mass is 35.5. The van der Waals surface area contributed by atoms with Gasteiger partial charge in [0.25, 0.3) is 5.91 Å². The number of nitrogens with one attached hydrogen (secondary N) is 2. The molecule has 0 spiro atoms. The Labute approximate surface area is 144 Å². The Balaban J connectivity index is 1.78. The number of nitrogens with zero attached hydrogens (tertiary/aromatic N) is 2. The van der Waals surface area contributed by atoms with Gasteiger partial charge >= 0.3 is 6.03 Å². The van der Waals surface area contributed by atoms with Gasteiger partial charge in [-0.3, -0.25) is 9.69 Å². The van der Waals surface area contributed by atoms with Crippen molar-refractivity contribution in [3.05, 3.63) is 52.8 Å². The molecule has 0 atom stereocenters. The summed E-state index contributed by atoms with van der Waals surface area (Å²) in [6, 6.07) is 8.62. The largest absolute Gasteiger partial charge is 0.338 e. The van der Waals surface area contributed by atoms with Gasteiger partial charge in [-0.05, 0) is 43.2 Å². The Morgan fingerprint density at radius 3 is 2.83 bits per heavy atom. The summed E-state index contributed by atoms with van der Waals surface area (Å²) in [5.74, 6) is -0.325. The van der Waals surface area contributed by atoms with E-state index in [1.54, 1.807) is 17.0 Å².